The molecule has 0 aromatic heterocycles. The SMILES string of the molecule is NCC(O)CSc1ccccc1N. The van der Waals surface area contributed by atoms with Crippen molar-refractivity contribution in [1.82, 2.24) is 0 Å². The second-order valence-corrected chi connectivity index (χ2v) is 3.80. The van der Waals surface area contributed by atoms with Gasteiger partial charge in [-0.15, -0.1) is 11.8 Å². The van der Waals surface area contributed by atoms with Gasteiger partial charge in [-0.25, -0.2) is 0 Å². The highest BCUT2D eigenvalue weighted by Gasteiger charge is 2.03. The molecule has 1 aromatic carbocycles. The highest BCUT2D eigenvalue weighted by Crippen LogP contribution is 2.24. The minimum absolute atomic E-state index is 0.291. The van der Waals surface area contributed by atoms with E-state index in [0.717, 1.165) is 10.6 Å². The van der Waals surface area contributed by atoms with Crippen molar-refractivity contribution >= 4 is 17.4 Å². The molecule has 0 amide bonds. The highest BCUT2D eigenvalue weighted by atomic mass is 32.2. The fourth-order valence-electron chi connectivity index (χ4n) is 0.866. The largest absolute Gasteiger partial charge is 0.398 e. The zero-order valence-electron chi connectivity index (χ0n) is 7.31. The summed E-state index contributed by atoms with van der Waals surface area (Å²) >= 11 is 1.52. The average Bonchev–Trinajstić information content (AvgIpc) is 2.16. The van der Waals surface area contributed by atoms with Crippen LogP contribution in [0.1, 0.15) is 0 Å². The Hall–Kier alpha value is -0.710. The third kappa shape index (κ3) is 3.26. The van der Waals surface area contributed by atoms with E-state index in [9.17, 15) is 5.11 Å². The van der Waals surface area contributed by atoms with Crippen LogP contribution >= 0.6 is 11.8 Å². The van der Waals surface area contributed by atoms with Crippen LogP contribution in [0.3, 0.4) is 0 Å². The van der Waals surface area contributed by atoms with Gasteiger partial charge in [-0.2, -0.15) is 0 Å². The minimum Gasteiger partial charge on any atom is -0.398 e. The molecule has 0 radical (unpaired) electrons. The van der Waals surface area contributed by atoms with Crippen LogP contribution in [0.25, 0.3) is 0 Å². The molecular weight excluding hydrogens is 184 g/mol. The summed E-state index contributed by atoms with van der Waals surface area (Å²) in [5, 5.41) is 9.22. The van der Waals surface area contributed by atoms with Gasteiger partial charge in [0, 0.05) is 22.9 Å². The lowest BCUT2D eigenvalue weighted by molar-refractivity contribution is 0.208. The summed E-state index contributed by atoms with van der Waals surface area (Å²) in [4.78, 5) is 0.995. The van der Waals surface area contributed by atoms with Gasteiger partial charge in [0.25, 0.3) is 0 Å². The van der Waals surface area contributed by atoms with Gasteiger partial charge in [-0.3, -0.25) is 0 Å². The standard InChI is InChI=1S/C9H14N2OS/c10-5-7(12)6-13-9-4-2-1-3-8(9)11/h1-4,7,12H,5-6,10-11H2. The van der Waals surface area contributed by atoms with Crippen molar-refractivity contribution in [2.45, 2.75) is 11.0 Å². The number of benzene rings is 1. The van der Waals surface area contributed by atoms with Crippen LogP contribution in [0.5, 0.6) is 0 Å². The van der Waals surface area contributed by atoms with Gasteiger partial charge in [0.2, 0.25) is 0 Å². The lowest BCUT2D eigenvalue weighted by Gasteiger charge is -2.08. The van der Waals surface area contributed by atoms with Crippen molar-refractivity contribution in [3.05, 3.63) is 24.3 Å². The molecule has 13 heavy (non-hydrogen) atoms. The Kier molecular flexibility index (Phi) is 4.08. The van der Waals surface area contributed by atoms with Gasteiger partial charge in [-0.1, -0.05) is 12.1 Å². The summed E-state index contributed by atoms with van der Waals surface area (Å²) in [6.45, 7) is 0.291. The van der Waals surface area contributed by atoms with Gasteiger partial charge in [0.15, 0.2) is 0 Å². The van der Waals surface area contributed by atoms with Crippen LogP contribution in [0.2, 0.25) is 0 Å². The Balaban J connectivity index is 2.50. The number of nitrogen functional groups attached to an aromatic ring is 1. The molecule has 0 saturated carbocycles. The van der Waals surface area contributed by atoms with Gasteiger partial charge in [0.1, 0.15) is 0 Å². The Bertz CT molecular complexity index is 268. The summed E-state index contributed by atoms with van der Waals surface area (Å²) in [5.41, 5.74) is 11.7. The van der Waals surface area contributed by atoms with E-state index in [1.165, 1.54) is 11.8 Å². The first-order valence-corrected chi connectivity index (χ1v) is 5.08. The maximum Gasteiger partial charge on any atom is 0.0756 e. The lowest BCUT2D eigenvalue weighted by atomic mass is 10.3. The minimum atomic E-state index is -0.454. The molecule has 72 valence electrons. The summed E-state index contributed by atoms with van der Waals surface area (Å²) in [6, 6.07) is 7.59. The second-order valence-electron chi connectivity index (χ2n) is 2.74. The van der Waals surface area contributed by atoms with Crippen LogP contribution < -0.4 is 11.5 Å². The molecule has 1 aromatic rings. The van der Waals surface area contributed by atoms with E-state index < -0.39 is 6.10 Å². The molecule has 3 nitrogen and oxygen atoms in total. The number of aliphatic hydroxyl groups excluding tert-OH is 1. The molecule has 0 aliphatic rings. The van der Waals surface area contributed by atoms with Crippen LogP contribution in [0.4, 0.5) is 5.69 Å². The molecule has 0 bridgehead atoms. The van der Waals surface area contributed by atoms with E-state index in [2.05, 4.69) is 0 Å². The predicted octanol–water partition coefficient (Wildman–Crippen LogP) is 0.681. The molecule has 0 saturated heterocycles. The number of hydrogen-bond acceptors (Lipinski definition) is 4. The lowest BCUT2D eigenvalue weighted by Crippen LogP contribution is -2.21. The zero-order chi connectivity index (χ0) is 9.68. The number of thioether (sulfide) groups is 1. The van der Waals surface area contributed by atoms with E-state index in [0.29, 0.717) is 12.3 Å². The molecule has 0 spiro atoms. The smallest absolute Gasteiger partial charge is 0.0756 e. The van der Waals surface area contributed by atoms with Gasteiger partial charge < -0.3 is 16.6 Å². The number of para-hydroxylation sites is 1. The monoisotopic (exact) mass is 198 g/mol. The molecule has 0 fully saturated rings. The van der Waals surface area contributed by atoms with E-state index in [1.54, 1.807) is 0 Å². The van der Waals surface area contributed by atoms with E-state index in [-0.39, 0.29) is 0 Å². The molecule has 4 heteroatoms. The first-order valence-electron chi connectivity index (χ1n) is 4.09. The third-order valence-corrected chi connectivity index (χ3v) is 2.86. The topological polar surface area (TPSA) is 72.3 Å². The molecule has 1 unspecified atom stereocenters. The summed E-state index contributed by atoms with van der Waals surface area (Å²) < 4.78 is 0. The van der Waals surface area contributed by atoms with Crippen molar-refractivity contribution in [2.24, 2.45) is 5.73 Å². The number of nitrogens with two attached hydrogens (primary N) is 2. The number of anilines is 1. The first-order chi connectivity index (χ1) is 6.24. The number of rotatable bonds is 4. The molecular formula is C9H14N2OS. The van der Waals surface area contributed by atoms with Gasteiger partial charge >= 0.3 is 0 Å². The van der Waals surface area contributed by atoms with Crippen molar-refractivity contribution < 1.29 is 5.11 Å². The fraction of sp³-hybridized carbons (Fsp3) is 0.333. The number of aliphatic hydroxyl groups is 1. The maximum absolute atomic E-state index is 9.22. The second kappa shape index (κ2) is 5.11. The molecule has 5 N–H and O–H groups in total. The van der Waals surface area contributed by atoms with Crippen LogP contribution in [-0.4, -0.2) is 23.5 Å². The quantitative estimate of drug-likeness (QED) is 0.491. The first kappa shape index (κ1) is 10.4. The predicted molar refractivity (Wildman–Crippen MR) is 56.6 cm³/mol. The zero-order valence-corrected chi connectivity index (χ0v) is 8.13. The Morgan fingerprint density at radius 3 is 2.69 bits per heavy atom. The summed E-state index contributed by atoms with van der Waals surface area (Å²) in [6.07, 6.45) is -0.454. The Labute approximate surface area is 82.1 Å². The van der Waals surface area contributed by atoms with Crippen molar-refractivity contribution in [1.29, 1.82) is 0 Å². The fourth-order valence-corrected chi connectivity index (χ4v) is 1.78. The number of hydrogen-bond donors (Lipinski definition) is 3. The van der Waals surface area contributed by atoms with Gasteiger partial charge in [-0.05, 0) is 12.1 Å². The van der Waals surface area contributed by atoms with Crippen LogP contribution in [-0.2, 0) is 0 Å². The van der Waals surface area contributed by atoms with E-state index >= 15 is 0 Å². The Morgan fingerprint density at radius 1 is 1.38 bits per heavy atom. The van der Waals surface area contributed by atoms with Crippen LogP contribution in [0.15, 0.2) is 29.2 Å². The third-order valence-electron chi connectivity index (χ3n) is 1.62. The Morgan fingerprint density at radius 2 is 2.08 bits per heavy atom. The van der Waals surface area contributed by atoms with Crippen molar-refractivity contribution in [3.63, 3.8) is 0 Å². The van der Waals surface area contributed by atoms with E-state index in [4.69, 9.17) is 11.5 Å². The molecule has 1 atom stereocenters. The normalized spacial score (nSPS) is 12.8. The molecule has 0 heterocycles. The van der Waals surface area contributed by atoms with E-state index in [1.807, 2.05) is 24.3 Å². The molecule has 0 aliphatic heterocycles. The maximum atomic E-state index is 9.22. The average molecular weight is 198 g/mol. The van der Waals surface area contributed by atoms with Crippen LogP contribution in [0, 0.1) is 0 Å². The molecule has 0 aliphatic carbocycles. The summed E-state index contributed by atoms with van der Waals surface area (Å²) in [7, 11) is 0. The highest BCUT2D eigenvalue weighted by molar-refractivity contribution is 7.99. The summed E-state index contributed by atoms with van der Waals surface area (Å²) in [5.74, 6) is 0.588. The van der Waals surface area contributed by atoms with Gasteiger partial charge in [0.05, 0.1) is 6.10 Å². The van der Waals surface area contributed by atoms with Crippen molar-refractivity contribution in [3.8, 4) is 0 Å². The molecule has 1 rings (SSSR count). The van der Waals surface area contributed by atoms with Crippen molar-refractivity contribution in [2.75, 3.05) is 18.0 Å².